The Hall–Kier alpha value is -1.91. The van der Waals surface area contributed by atoms with Crippen molar-refractivity contribution in [2.45, 2.75) is 13.1 Å². The van der Waals surface area contributed by atoms with Crippen molar-refractivity contribution in [3.8, 4) is 0 Å². The highest BCUT2D eigenvalue weighted by Crippen LogP contribution is 2.09. The van der Waals surface area contributed by atoms with Gasteiger partial charge in [-0.25, -0.2) is 10.8 Å². The smallest absolute Gasteiger partial charge is 0.139 e. The van der Waals surface area contributed by atoms with Gasteiger partial charge in [0.25, 0.3) is 0 Å². The van der Waals surface area contributed by atoms with E-state index in [2.05, 4.69) is 46.6 Å². The second-order valence-electron chi connectivity index (χ2n) is 4.35. The normalized spacial score (nSPS) is 10.6. The van der Waals surface area contributed by atoms with Gasteiger partial charge in [0.2, 0.25) is 0 Å². The average molecular weight is 242 g/mol. The molecule has 4 nitrogen and oxygen atoms in total. The molecule has 1 heterocycles. The fraction of sp³-hybridized carbons (Fsp3) is 0.214. The number of benzene rings is 1. The van der Waals surface area contributed by atoms with Gasteiger partial charge < -0.3 is 5.43 Å². The Balaban J connectivity index is 1.92. The molecule has 0 radical (unpaired) electrons. The van der Waals surface area contributed by atoms with E-state index in [1.807, 2.05) is 24.4 Å². The molecular weight excluding hydrogens is 224 g/mol. The predicted molar refractivity (Wildman–Crippen MR) is 73.7 cm³/mol. The minimum Gasteiger partial charge on any atom is -0.308 e. The summed E-state index contributed by atoms with van der Waals surface area (Å²) >= 11 is 0. The maximum absolute atomic E-state index is 5.28. The molecule has 94 valence electrons. The van der Waals surface area contributed by atoms with Gasteiger partial charge in [-0.3, -0.25) is 4.90 Å². The number of aromatic nitrogens is 1. The van der Waals surface area contributed by atoms with Crippen LogP contribution in [0, 0.1) is 0 Å². The van der Waals surface area contributed by atoms with Gasteiger partial charge in [-0.1, -0.05) is 36.4 Å². The van der Waals surface area contributed by atoms with Gasteiger partial charge in [-0.2, -0.15) is 0 Å². The summed E-state index contributed by atoms with van der Waals surface area (Å²) < 4.78 is 0. The van der Waals surface area contributed by atoms with E-state index in [1.165, 1.54) is 11.1 Å². The topological polar surface area (TPSA) is 54.2 Å². The first kappa shape index (κ1) is 12.5. The van der Waals surface area contributed by atoms with Crippen molar-refractivity contribution in [1.82, 2.24) is 9.88 Å². The third-order valence-corrected chi connectivity index (χ3v) is 2.72. The van der Waals surface area contributed by atoms with Gasteiger partial charge >= 0.3 is 0 Å². The van der Waals surface area contributed by atoms with Crippen LogP contribution in [-0.4, -0.2) is 16.9 Å². The van der Waals surface area contributed by atoms with E-state index in [4.69, 9.17) is 5.84 Å². The highest BCUT2D eigenvalue weighted by molar-refractivity contribution is 5.33. The summed E-state index contributed by atoms with van der Waals surface area (Å²) in [5.74, 6) is 5.97. The maximum atomic E-state index is 5.28. The molecule has 0 aliphatic rings. The fourth-order valence-electron chi connectivity index (χ4n) is 1.87. The van der Waals surface area contributed by atoms with Crippen LogP contribution in [-0.2, 0) is 13.1 Å². The van der Waals surface area contributed by atoms with Crippen LogP contribution in [0.25, 0.3) is 0 Å². The van der Waals surface area contributed by atoms with Crippen molar-refractivity contribution in [3.63, 3.8) is 0 Å². The monoisotopic (exact) mass is 242 g/mol. The summed E-state index contributed by atoms with van der Waals surface area (Å²) in [6.07, 6.45) is 1.84. The zero-order valence-corrected chi connectivity index (χ0v) is 10.5. The van der Waals surface area contributed by atoms with E-state index in [9.17, 15) is 0 Å². The highest BCUT2D eigenvalue weighted by atomic mass is 15.2. The number of nitrogen functional groups attached to an aromatic ring is 1. The molecule has 0 bridgehead atoms. The molecule has 0 unspecified atom stereocenters. The van der Waals surface area contributed by atoms with Crippen LogP contribution in [0.4, 0.5) is 5.82 Å². The molecule has 0 saturated carbocycles. The van der Waals surface area contributed by atoms with Gasteiger partial charge in [0.15, 0.2) is 0 Å². The standard InChI is InChI=1S/C14H18N4/c1-18(10-12-5-3-2-4-6-12)11-13-7-8-14(17-15)16-9-13/h2-9H,10-11,15H2,1H3,(H,16,17). The molecule has 2 aromatic rings. The largest absolute Gasteiger partial charge is 0.308 e. The van der Waals surface area contributed by atoms with Crippen LogP contribution in [0.5, 0.6) is 0 Å². The Morgan fingerprint density at radius 3 is 2.39 bits per heavy atom. The summed E-state index contributed by atoms with van der Waals surface area (Å²) in [5.41, 5.74) is 5.01. The molecular formula is C14H18N4. The Kier molecular flexibility index (Phi) is 4.28. The molecule has 0 atom stereocenters. The zero-order valence-electron chi connectivity index (χ0n) is 10.5. The van der Waals surface area contributed by atoms with Crippen molar-refractivity contribution in [2.75, 3.05) is 12.5 Å². The number of pyridine rings is 1. The number of hydrazine groups is 1. The van der Waals surface area contributed by atoms with E-state index in [0.717, 1.165) is 13.1 Å². The highest BCUT2D eigenvalue weighted by Gasteiger charge is 2.02. The summed E-state index contributed by atoms with van der Waals surface area (Å²) in [7, 11) is 2.10. The molecule has 1 aromatic heterocycles. The molecule has 1 aromatic carbocycles. The van der Waals surface area contributed by atoms with Crippen LogP contribution in [0.2, 0.25) is 0 Å². The van der Waals surface area contributed by atoms with Crippen LogP contribution in [0.1, 0.15) is 11.1 Å². The zero-order chi connectivity index (χ0) is 12.8. The summed E-state index contributed by atoms with van der Waals surface area (Å²) in [6, 6.07) is 14.3. The lowest BCUT2D eigenvalue weighted by atomic mass is 10.2. The van der Waals surface area contributed by atoms with Gasteiger partial charge in [-0.05, 0) is 24.2 Å². The van der Waals surface area contributed by atoms with E-state index in [-0.39, 0.29) is 0 Å². The summed E-state index contributed by atoms with van der Waals surface area (Å²) in [6.45, 7) is 1.80. The molecule has 0 amide bonds. The molecule has 3 N–H and O–H groups in total. The molecule has 0 fully saturated rings. The minimum absolute atomic E-state index is 0.685. The number of nitrogens with zero attached hydrogens (tertiary/aromatic N) is 2. The first-order chi connectivity index (χ1) is 8.78. The third-order valence-electron chi connectivity index (χ3n) is 2.72. The summed E-state index contributed by atoms with van der Waals surface area (Å²) in [5, 5.41) is 0. The Bertz CT molecular complexity index is 467. The Morgan fingerprint density at radius 1 is 1.06 bits per heavy atom. The molecule has 0 saturated heterocycles. The second kappa shape index (κ2) is 6.14. The van der Waals surface area contributed by atoms with Gasteiger partial charge in [-0.15, -0.1) is 0 Å². The number of nitrogens with two attached hydrogens (primary N) is 1. The van der Waals surface area contributed by atoms with Crippen molar-refractivity contribution >= 4 is 5.82 Å². The molecule has 0 spiro atoms. The lowest BCUT2D eigenvalue weighted by Gasteiger charge is -2.16. The van der Waals surface area contributed by atoms with Crippen LogP contribution in [0.3, 0.4) is 0 Å². The SMILES string of the molecule is CN(Cc1ccccc1)Cc1ccc(NN)nc1. The number of hydrogen-bond donors (Lipinski definition) is 2. The lowest BCUT2D eigenvalue weighted by Crippen LogP contribution is -2.17. The van der Waals surface area contributed by atoms with E-state index in [0.29, 0.717) is 5.82 Å². The van der Waals surface area contributed by atoms with Gasteiger partial charge in [0, 0.05) is 19.3 Å². The number of anilines is 1. The van der Waals surface area contributed by atoms with Crippen LogP contribution in [0.15, 0.2) is 48.7 Å². The number of nitrogens with one attached hydrogen (secondary N) is 1. The predicted octanol–water partition coefficient (Wildman–Crippen LogP) is 2.00. The molecule has 0 aliphatic carbocycles. The first-order valence-corrected chi connectivity index (χ1v) is 5.92. The number of rotatable bonds is 5. The van der Waals surface area contributed by atoms with Gasteiger partial charge in [0.1, 0.15) is 5.82 Å². The quantitative estimate of drug-likeness (QED) is 0.622. The molecule has 0 aliphatic heterocycles. The molecule has 4 heteroatoms. The molecule has 2 rings (SSSR count). The molecule has 18 heavy (non-hydrogen) atoms. The van der Waals surface area contributed by atoms with Crippen LogP contribution < -0.4 is 11.3 Å². The minimum atomic E-state index is 0.685. The number of hydrogen-bond acceptors (Lipinski definition) is 4. The fourth-order valence-corrected chi connectivity index (χ4v) is 1.87. The van der Waals surface area contributed by atoms with E-state index in [1.54, 1.807) is 0 Å². The summed E-state index contributed by atoms with van der Waals surface area (Å²) in [4.78, 5) is 6.45. The van der Waals surface area contributed by atoms with E-state index >= 15 is 0 Å². The Morgan fingerprint density at radius 2 is 1.78 bits per heavy atom. The average Bonchev–Trinajstić information content (AvgIpc) is 2.40. The van der Waals surface area contributed by atoms with Crippen LogP contribution >= 0.6 is 0 Å². The maximum Gasteiger partial charge on any atom is 0.139 e. The van der Waals surface area contributed by atoms with Gasteiger partial charge in [0.05, 0.1) is 0 Å². The van der Waals surface area contributed by atoms with Crippen molar-refractivity contribution < 1.29 is 0 Å². The third kappa shape index (κ3) is 3.55. The second-order valence-corrected chi connectivity index (χ2v) is 4.35. The first-order valence-electron chi connectivity index (χ1n) is 5.92. The van der Waals surface area contributed by atoms with Crippen molar-refractivity contribution in [2.24, 2.45) is 5.84 Å². The van der Waals surface area contributed by atoms with Crippen molar-refractivity contribution in [1.29, 1.82) is 0 Å². The Labute approximate surface area is 107 Å². The lowest BCUT2D eigenvalue weighted by molar-refractivity contribution is 0.319. The van der Waals surface area contributed by atoms with E-state index < -0.39 is 0 Å². The van der Waals surface area contributed by atoms with Crippen molar-refractivity contribution in [3.05, 3.63) is 59.8 Å².